The molecule has 176 valence electrons. The fraction of sp³-hybridized carbons (Fsp3) is 0.154. The van der Waals surface area contributed by atoms with Crippen molar-refractivity contribution in [3.8, 4) is 11.4 Å². The van der Waals surface area contributed by atoms with E-state index in [4.69, 9.17) is 10.1 Å². The molecule has 3 heterocycles. The molecule has 2 aromatic carbocycles. The Labute approximate surface area is 206 Å². The van der Waals surface area contributed by atoms with E-state index in [2.05, 4.69) is 14.7 Å². The molecule has 2 aliphatic heterocycles. The molecular weight excluding hydrogens is 465 g/mol. The average Bonchev–Trinajstić information content (AvgIpc) is 3.38. The molecule has 35 heavy (non-hydrogen) atoms. The smallest absolute Gasteiger partial charge is 0.283 e. The van der Waals surface area contributed by atoms with E-state index in [1.54, 1.807) is 24.3 Å². The number of carbonyl (C=O) groups is 1. The van der Waals surface area contributed by atoms with Gasteiger partial charge in [-0.15, -0.1) is 0 Å². The van der Waals surface area contributed by atoms with Crippen molar-refractivity contribution in [1.29, 1.82) is 5.41 Å². The molecule has 1 aromatic heterocycles. The summed E-state index contributed by atoms with van der Waals surface area (Å²) in [7, 11) is 0. The average molecular weight is 488 g/mol. The van der Waals surface area contributed by atoms with E-state index < -0.39 is 11.7 Å². The number of thioether (sulfide) groups is 1. The van der Waals surface area contributed by atoms with Gasteiger partial charge in [0.1, 0.15) is 16.6 Å². The van der Waals surface area contributed by atoms with Gasteiger partial charge in [0.15, 0.2) is 5.84 Å². The lowest BCUT2D eigenvalue weighted by Crippen LogP contribution is -2.35. The summed E-state index contributed by atoms with van der Waals surface area (Å²) in [5.41, 5.74) is 4.09. The van der Waals surface area contributed by atoms with Gasteiger partial charge in [-0.3, -0.25) is 10.2 Å². The summed E-state index contributed by atoms with van der Waals surface area (Å²) >= 11 is 1.07. The number of rotatable bonds is 5. The molecule has 1 N–H and O–H groups in total. The maximum atomic E-state index is 14.2. The van der Waals surface area contributed by atoms with Crippen LogP contribution in [0.3, 0.4) is 0 Å². The largest absolute Gasteiger partial charge is 0.494 e. The van der Waals surface area contributed by atoms with Gasteiger partial charge in [0.2, 0.25) is 5.17 Å². The SMILES string of the molecule is CCOc1ccc(-n2c(C)cc(/C=C3\C(=N)N4N=C(c5ccccc5F)SC4=NC3=O)c2C)cc1. The zero-order valence-corrected chi connectivity index (χ0v) is 20.2. The fourth-order valence-corrected chi connectivity index (χ4v) is 5.00. The van der Waals surface area contributed by atoms with Gasteiger partial charge in [-0.2, -0.15) is 15.1 Å². The van der Waals surface area contributed by atoms with Gasteiger partial charge >= 0.3 is 0 Å². The maximum absolute atomic E-state index is 14.2. The predicted molar refractivity (Wildman–Crippen MR) is 137 cm³/mol. The van der Waals surface area contributed by atoms with Crippen molar-refractivity contribution in [2.45, 2.75) is 20.8 Å². The number of aromatic nitrogens is 1. The van der Waals surface area contributed by atoms with Crippen LogP contribution < -0.4 is 4.74 Å². The molecule has 9 heteroatoms. The van der Waals surface area contributed by atoms with E-state index in [1.807, 2.05) is 51.1 Å². The van der Waals surface area contributed by atoms with Crippen LogP contribution in [0.15, 0.2) is 70.3 Å². The Morgan fingerprint density at radius 3 is 2.60 bits per heavy atom. The zero-order valence-electron chi connectivity index (χ0n) is 19.4. The first-order valence-corrected chi connectivity index (χ1v) is 11.9. The number of aliphatic imine (C=N–C) groups is 1. The standard InChI is InChI=1S/C26H22FN5O2S/c1-4-34-19-11-9-18(10-12-19)31-15(2)13-17(16(31)3)14-21-23(28)32-26(29-24(21)33)35-25(30-32)20-7-5-6-8-22(20)27/h5-14,28H,4H2,1-3H3/b21-14+,28-23?. The molecule has 0 fully saturated rings. The van der Waals surface area contributed by atoms with Crippen LogP contribution in [0.5, 0.6) is 5.75 Å². The van der Waals surface area contributed by atoms with Crippen molar-refractivity contribution in [2.24, 2.45) is 10.1 Å². The van der Waals surface area contributed by atoms with Crippen molar-refractivity contribution in [1.82, 2.24) is 9.58 Å². The minimum Gasteiger partial charge on any atom is -0.494 e. The zero-order chi connectivity index (χ0) is 24.7. The molecule has 5 rings (SSSR count). The summed E-state index contributed by atoms with van der Waals surface area (Å²) in [6.07, 6.45) is 1.67. The van der Waals surface area contributed by atoms with Gasteiger partial charge in [-0.1, -0.05) is 12.1 Å². The molecule has 0 radical (unpaired) electrons. The Balaban J connectivity index is 1.48. The molecule has 2 aliphatic rings. The lowest BCUT2D eigenvalue weighted by atomic mass is 10.1. The number of aryl methyl sites for hydroxylation is 1. The number of nitrogens with one attached hydrogen (secondary N) is 1. The number of hydrogen-bond donors (Lipinski definition) is 1. The number of benzene rings is 2. The van der Waals surface area contributed by atoms with Gasteiger partial charge in [-0.05, 0) is 86.6 Å². The Hall–Kier alpha value is -3.98. The topological polar surface area (TPSA) is 83.0 Å². The molecule has 1 amide bonds. The second-order valence-electron chi connectivity index (χ2n) is 7.99. The quantitative estimate of drug-likeness (QED) is 0.495. The number of nitrogens with zero attached hydrogens (tertiary/aromatic N) is 4. The van der Waals surface area contributed by atoms with Crippen LogP contribution in [0.1, 0.15) is 29.4 Å². The van der Waals surface area contributed by atoms with Crippen molar-refractivity contribution >= 4 is 39.8 Å². The van der Waals surface area contributed by atoms with Crippen LogP contribution in [-0.2, 0) is 4.79 Å². The number of ether oxygens (including phenoxy) is 1. The molecule has 0 saturated carbocycles. The van der Waals surface area contributed by atoms with Crippen molar-refractivity contribution in [3.63, 3.8) is 0 Å². The lowest BCUT2D eigenvalue weighted by Gasteiger charge is -2.20. The van der Waals surface area contributed by atoms with Crippen LogP contribution in [0.25, 0.3) is 11.8 Å². The van der Waals surface area contributed by atoms with Gasteiger partial charge in [0, 0.05) is 22.6 Å². The van der Waals surface area contributed by atoms with E-state index in [1.165, 1.54) is 11.1 Å². The Bertz CT molecular complexity index is 1450. The van der Waals surface area contributed by atoms with E-state index in [0.29, 0.717) is 17.2 Å². The number of amidine groups is 2. The minimum atomic E-state index is -0.524. The molecular formula is C26H22FN5O2S. The van der Waals surface area contributed by atoms with Crippen molar-refractivity contribution < 1.29 is 13.9 Å². The number of hydrogen-bond acceptors (Lipinski definition) is 5. The third-order valence-electron chi connectivity index (χ3n) is 5.73. The van der Waals surface area contributed by atoms with Gasteiger partial charge in [0.05, 0.1) is 12.2 Å². The summed E-state index contributed by atoms with van der Waals surface area (Å²) < 4.78 is 21.9. The first-order chi connectivity index (χ1) is 16.9. The van der Waals surface area contributed by atoms with E-state index in [9.17, 15) is 9.18 Å². The third-order valence-corrected chi connectivity index (χ3v) is 6.68. The van der Waals surface area contributed by atoms with Crippen LogP contribution in [0.2, 0.25) is 0 Å². The van der Waals surface area contributed by atoms with Gasteiger partial charge < -0.3 is 9.30 Å². The van der Waals surface area contributed by atoms with Gasteiger partial charge in [-0.25, -0.2) is 4.39 Å². The van der Waals surface area contributed by atoms with Crippen molar-refractivity contribution in [3.05, 3.63) is 88.5 Å². The highest BCUT2D eigenvalue weighted by Gasteiger charge is 2.36. The van der Waals surface area contributed by atoms with Gasteiger partial charge in [0.25, 0.3) is 5.91 Å². The van der Waals surface area contributed by atoms with Crippen LogP contribution in [0, 0.1) is 25.1 Å². The first-order valence-electron chi connectivity index (χ1n) is 11.0. The molecule has 3 aromatic rings. The van der Waals surface area contributed by atoms with Crippen LogP contribution in [-0.4, -0.2) is 38.1 Å². The number of hydrazone groups is 1. The van der Waals surface area contributed by atoms with Crippen LogP contribution in [0.4, 0.5) is 4.39 Å². The molecule has 0 saturated heterocycles. The second-order valence-corrected chi connectivity index (χ2v) is 8.95. The second kappa shape index (κ2) is 8.99. The highest BCUT2D eigenvalue weighted by molar-refractivity contribution is 8.27. The summed E-state index contributed by atoms with van der Waals surface area (Å²) in [6.45, 7) is 6.49. The first kappa shape index (κ1) is 22.8. The highest BCUT2D eigenvalue weighted by Crippen LogP contribution is 2.32. The predicted octanol–water partition coefficient (Wildman–Crippen LogP) is 5.30. The summed E-state index contributed by atoms with van der Waals surface area (Å²) in [5, 5.41) is 14.9. The maximum Gasteiger partial charge on any atom is 0.283 e. The number of fused-ring (bicyclic) bond motifs is 1. The minimum absolute atomic E-state index is 0.0929. The summed E-state index contributed by atoms with van der Waals surface area (Å²) in [5.74, 6) is -0.237. The molecule has 0 bridgehead atoms. The van der Waals surface area contributed by atoms with E-state index in [0.717, 1.165) is 40.2 Å². The van der Waals surface area contributed by atoms with E-state index >= 15 is 0 Å². The molecule has 0 atom stereocenters. The monoisotopic (exact) mass is 487 g/mol. The third kappa shape index (κ3) is 4.08. The Morgan fingerprint density at radius 2 is 1.89 bits per heavy atom. The fourth-order valence-electron chi connectivity index (χ4n) is 4.08. The summed E-state index contributed by atoms with van der Waals surface area (Å²) in [6, 6.07) is 16.0. The Morgan fingerprint density at radius 1 is 1.14 bits per heavy atom. The van der Waals surface area contributed by atoms with Crippen LogP contribution >= 0.6 is 11.8 Å². The normalized spacial score (nSPS) is 16.5. The Kier molecular flexibility index (Phi) is 5.86. The van der Waals surface area contributed by atoms with E-state index in [-0.39, 0.29) is 16.6 Å². The highest BCUT2D eigenvalue weighted by atomic mass is 32.2. The number of halogens is 1. The van der Waals surface area contributed by atoms with Crippen molar-refractivity contribution in [2.75, 3.05) is 6.61 Å². The summed E-state index contributed by atoms with van der Waals surface area (Å²) in [4.78, 5) is 17.0. The molecule has 0 aliphatic carbocycles. The number of carbonyl (C=O) groups excluding carboxylic acids is 1. The molecule has 0 spiro atoms. The lowest BCUT2D eigenvalue weighted by molar-refractivity contribution is -0.114. The molecule has 7 nitrogen and oxygen atoms in total. The molecule has 0 unspecified atom stereocenters. The number of amides is 1.